The molecule has 2 aromatic rings. The van der Waals surface area contributed by atoms with Gasteiger partial charge in [-0.3, -0.25) is 19.2 Å². The number of aliphatic hydroxyl groups excluding tert-OH is 1. The number of Topliss-reactive ketones (excluding diaryl/α,β-unsaturated/α-hetero) is 2. The zero-order valence-electron chi connectivity index (χ0n) is 20.7. The summed E-state index contributed by atoms with van der Waals surface area (Å²) < 4.78 is 16.4. The first kappa shape index (κ1) is 23.3. The molecule has 11 heteroatoms. The van der Waals surface area contributed by atoms with Crippen molar-refractivity contribution >= 4 is 34.2 Å². The van der Waals surface area contributed by atoms with E-state index >= 15 is 0 Å². The molecule has 1 spiro atoms. The Hall–Kier alpha value is -4.12. The number of allylic oxidation sites excluding steroid dienone is 2. The standard InChI is InChI=1S/C26H25N3O8/c1-25(17(32)10-30)23(33)18-20(28-25)14(31)7-16-26(18)8-12(26)9-29(16)24(34)13-5-11-6-15(35-2)21(36-3)22(37-4)19(11)27-13/h5-7,12,27-28,30H,8-10H2,1-4H3/t12-,25?,26?/m1/s1. The van der Waals surface area contributed by atoms with E-state index in [4.69, 9.17) is 14.2 Å². The number of hydrogen-bond acceptors (Lipinski definition) is 9. The SMILES string of the molecule is COc1cc2cc(C(=O)N3C[C@H]4CC45C3=CC(=O)C3=C5C(=O)C(C)(C(=O)CO)N3)[nH]c2c(OC)c1OC. The Bertz CT molecular complexity index is 1520. The van der Waals surface area contributed by atoms with Crippen molar-refractivity contribution in [1.82, 2.24) is 15.2 Å². The normalized spacial score (nSPS) is 27.4. The quantitative estimate of drug-likeness (QED) is 0.485. The first-order valence-corrected chi connectivity index (χ1v) is 11.8. The fourth-order valence-electron chi connectivity index (χ4n) is 6.16. The molecular formula is C26H25N3O8. The molecule has 1 aromatic heterocycles. The Morgan fingerprint density at radius 1 is 1.14 bits per heavy atom. The van der Waals surface area contributed by atoms with Gasteiger partial charge in [-0.15, -0.1) is 0 Å². The number of aromatic nitrogens is 1. The molecule has 0 radical (unpaired) electrons. The summed E-state index contributed by atoms with van der Waals surface area (Å²) in [6.07, 6.45) is 1.98. The van der Waals surface area contributed by atoms with Gasteiger partial charge in [-0.05, 0) is 31.4 Å². The average molecular weight is 507 g/mol. The maximum Gasteiger partial charge on any atom is 0.274 e. The first-order chi connectivity index (χ1) is 17.7. The summed E-state index contributed by atoms with van der Waals surface area (Å²) >= 11 is 0. The minimum absolute atomic E-state index is 0.0581. The monoisotopic (exact) mass is 507 g/mol. The van der Waals surface area contributed by atoms with E-state index in [1.54, 1.807) is 12.1 Å². The fourth-order valence-corrected chi connectivity index (χ4v) is 6.16. The second kappa shape index (κ2) is 7.45. The summed E-state index contributed by atoms with van der Waals surface area (Å²) in [5.74, 6) is -0.918. The van der Waals surface area contributed by atoms with Gasteiger partial charge in [-0.25, -0.2) is 0 Å². The molecule has 37 heavy (non-hydrogen) atoms. The van der Waals surface area contributed by atoms with Gasteiger partial charge in [-0.1, -0.05) is 0 Å². The topological polar surface area (TPSA) is 147 Å². The third kappa shape index (κ3) is 2.74. The lowest BCUT2D eigenvalue weighted by molar-refractivity contribution is -0.134. The van der Waals surface area contributed by atoms with Crippen LogP contribution < -0.4 is 19.5 Å². The number of aliphatic hydroxyl groups is 1. The van der Waals surface area contributed by atoms with Gasteiger partial charge in [0.05, 0.1) is 32.5 Å². The molecule has 2 unspecified atom stereocenters. The maximum absolute atomic E-state index is 13.7. The van der Waals surface area contributed by atoms with Gasteiger partial charge in [-0.2, -0.15) is 0 Å². The third-order valence-electron chi connectivity index (χ3n) is 8.12. The van der Waals surface area contributed by atoms with Crippen molar-refractivity contribution in [1.29, 1.82) is 0 Å². The number of amides is 1. The number of rotatable bonds is 6. The minimum atomic E-state index is -1.70. The number of piperidine rings is 1. The molecule has 2 aliphatic carbocycles. The predicted octanol–water partition coefficient (Wildman–Crippen LogP) is 0.869. The molecule has 2 fully saturated rings. The fraction of sp³-hybridized carbons (Fsp3) is 0.385. The van der Waals surface area contributed by atoms with E-state index in [2.05, 4.69) is 10.3 Å². The number of methoxy groups -OCH3 is 3. The zero-order valence-corrected chi connectivity index (χ0v) is 20.7. The van der Waals surface area contributed by atoms with Crippen LogP contribution in [0.3, 0.4) is 0 Å². The highest BCUT2D eigenvalue weighted by Gasteiger charge is 2.72. The molecule has 1 saturated carbocycles. The van der Waals surface area contributed by atoms with E-state index in [9.17, 15) is 24.3 Å². The summed E-state index contributed by atoms with van der Waals surface area (Å²) in [6.45, 7) is 0.877. The second-order valence-corrected chi connectivity index (χ2v) is 9.88. The Balaban J connectivity index is 1.38. The van der Waals surface area contributed by atoms with Crippen LogP contribution in [0.4, 0.5) is 0 Å². The second-order valence-electron chi connectivity index (χ2n) is 9.88. The van der Waals surface area contributed by atoms with Crippen LogP contribution in [-0.4, -0.2) is 78.3 Å². The van der Waals surface area contributed by atoms with E-state index in [-0.39, 0.29) is 28.8 Å². The molecule has 11 nitrogen and oxygen atoms in total. The smallest absolute Gasteiger partial charge is 0.274 e. The van der Waals surface area contributed by atoms with Gasteiger partial charge in [0, 0.05) is 34.7 Å². The van der Waals surface area contributed by atoms with Gasteiger partial charge in [0.1, 0.15) is 12.3 Å². The number of carbonyl (C=O) groups is 4. The number of carbonyl (C=O) groups excluding carboxylic acids is 4. The Morgan fingerprint density at radius 3 is 2.51 bits per heavy atom. The van der Waals surface area contributed by atoms with Crippen LogP contribution >= 0.6 is 0 Å². The highest BCUT2D eigenvalue weighted by atomic mass is 16.5. The number of aromatic amines is 1. The molecular weight excluding hydrogens is 482 g/mol. The number of fused-ring (bicyclic) bond motifs is 1. The van der Waals surface area contributed by atoms with E-state index in [1.807, 2.05) is 0 Å². The number of nitrogens with one attached hydrogen (secondary N) is 2. The predicted molar refractivity (Wildman–Crippen MR) is 128 cm³/mol. The number of likely N-dealkylation sites (tertiary alicyclic amines) is 1. The summed E-state index contributed by atoms with van der Waals surface area (Å²) in [4.78, 5) is 57.3. The average Bonchev–Trinajstić information content (AvgIpc) is 3.15. The number of hydrogen-bond donors (Lipinski definition) is 3. The van der Waals surface area contributed by atoms with E-state index in [1.165, 1.54) is 39.2 Å². The van der Waals surface area contributed by atoms with Gasteiger partial charge in [0.2, 0.25) is 11.5 Å². The Morgan fingerprint density at radius 2 is 1.86 bits per heavy atom. The molecule has 3 atom stereocenters. The molecule has 4 aliphatic rings. The lowest BCUT2D eigenvalue weighted by Gasteiger charge is -2.28. The van der Waals surface area contributed by atoms with Gasteiger partial charge < -0.3 is 34.5 Å². The number of nitrogens with zero attached hydrogens (tertiary/aromatic N) is 1. The van der Waals surface area contributed by atoms with Crippen molar-refractivity contribution in [3.05, 3.63) is 40.9 Å². The zero-order chi connectivity index (χ0) is 26.4. The van der Waals surface area contributed by atoms with Crippen LogP contribution in [0.15, 0.2) is 35.2 Å². The van der Waals surface area contributed by atoms with Crippen molar-refractivity contribution in [3.8, 4) is 17.2 Å². The number of ketones is 3. The number of H-pyrrole nitrogens is 1. The summed E-state index contributed by atoms with van der Waals surface area (Å²) in [5, 5.41) is 12.9. The molecule has 3 N–H and O–H groups in total. The van der Waals surface area contributed by atoms with Gasteiger partial charge >= 0.3 is 0 Å². The molecule has 192 valence electrons. The van der Waals surface area contributed by atoms with E-state index in [0.29, 0.717) is 46.8 Å². The van der Waals surface area contributed by atoms with Crippen molar-refractivity contribution < 1.29 is 38.5 Å². The third-order valence-corrected chi connectivity index (χ3v) is 8.12. The Labute approximate surface area is 211 Å². The molecule has 2 aliphatic heterocycles. The molecule has 6 rings (SSSR count). The first-order valence-electron chi connectivity index (χ1n) is 11.8. The van der Waals surface area contributed by atoms with Crippen LogP contribution in [0.1, 0.15) is 23.8 Å². The molecule has 3 heterocycles. The maximum atomic E-state index is 13.7. The van der Waals surface area contributed by atoms with Crippen LogP contribution in [0.25, 0.3) is 10.9 Å². The van der Waals surface area contributed by atoms with Crippen molar-refractivity contribution in [2.24, 2.45) is 11.3 Å². The number of benzene rings is 1. The lowest BCUT2D eigenvalue weighted by Crippen LogP contribution is -2.53. The highest BCUT2D eigenvalue weighted by molar-refractivity contribution is 6.27. The van der Waals surface area contributed by atoms with Crippen LogP contribution in [-0.2, 0) is 14.4 Å². The molecule has 1 saturated heterocycles. The highest BCUT2D eigenvalue weighted by Crippen LogP contribution is 2.70. The van der Waals surface area contributed by atoms with Crippen LogP contribution in [0.2, 0.25) is 0 Å². The van der Waals surface area contributed by atoms with Crippen LogP contribution in [0.5, 0.6) is 17.2 Å². The summed E-state index contributed by atoms with van der Waals surface area (Å²) in [6, 6.07) is 3.41. The summed E-state index contributed by atoms with van der Waals surface area (Å²) in [5.41, 5.74) is -0.894. The van der Waals surface area contributed by atoms with Gasteiger partial charge in [0.25, 0.3) is 5.91 Å². The van der Waals surface area contributed by atoms with E-state index in [0.717, 1.165) is 0 Å². The summed E-state index contributed by atoms with van der Waals surface area (Å²) in [7, 11) is 4.49. The largest absolute Gasteiger partial charge is 0.493 e. The van der Waals surface area contributed by atoms with Crippen molar-refractivity contribution in [2.75, 3.05) is 34.5 Å². The van der Waals surface area contributed by atoms with Crippen molar-refractivity contribution in [2.45, 2.75) is 18.9 Å². The molecule has 1 aromatic carbocycles. The van der Waals surface area contributed by atoms with Crippen LogP contribution in [0, 0.1) is 11.3 Å². The lowest BCUT2D eigenvalue weighted by atomic mass is 9.79. The van der Waals surface area contributed by atoms with Gasteiger partial charge in [0.15, 0.2) is 28.6 Å². The molecule has 0 bridgehead atoms. The minimum Gasteiger partial charge on any atom is -0.493 e. The van der Waals surface area contributed by atoms with E-state index < -0.39 is 34.9 Å². The number of ether oxygens (including phenoxy) is 3. The molecule has 1 amide bonds. The van der Waals surface area contributed by atoms with Crippen molar-refractivity contribution in [3.63, 3.8) is 0 Å². The Kier molecular flexibility index (Phi) is 4.69.